The van der Waals surface area contributed by atoms with Gasteiger partial charge in [-0.2, -0.15) is 0 Å². The van der Waals surface area contributed by atoms with Crippen LogP contribution in [0.25, 0.3) is 0 Å². The molecule has 0 aromatic rings. The third kappa shape index (κ3) is 1.90. The second kappa shape index (κ2) is 4.39. The van der Waals surface area contributed by atoms with Gasteiger partial charge in [0, 0.05) is 6.20 Å². The van der Waals surface area contributed by atoms with Crippen LogP contribution >= 0.6 is 23.2 Å². The molecular weight excluding hydrogens is 251 g/mol. The van der Waals surface area contributed by atoms with E-state index in [0.29, 0.717) is 16.8 Å². The van der Waals surface area contributed by atoms with Gasteiger partial charge in [0.1, 0.15) is 11.3 Å². The molecule has 0 aromatic heterocycles. The predicted molar refractivity (Wildman–Crippen MR) is 61.4 cm³/mol. The van der Waals surface area contributed by atoms with Crippen molar-refractivity contribution >= 4 is 29.2 Å². The SMILES string of the molecule is CCOC(=O)C1=C(Cl)N2C=C(Cl)C=CC2N1. The van der Waals surface area contributed by atoms with Crippen LogP contribution in [0.2, 0.25) is 0 Å². The maximum atomic E-state index is 11.5. The molecule has 0 aliphatic carbocycles. The van der Waals surface area contributed by atoms with Crippen molar-refractivity contribution in [2.24, 2.45) is 0 Å². The molecule has 4 nitrogen and oxygen atoms in total. The summed E-state index contributed by atoms with van der Waals surface area (Å²) in [5, 5.41) is 3.81. The van der Waals surface area contributed by atoms with Crippen LogP contribution in [0, 0.1) is 0 Å². The first-order valence-corrected chi connectivity index (χ1v) is 5.56. The van der Waals surface area contributed by atoms with Crippen LogP contribution in [0.15, 0.2) is 34.2 Å². The number of nitrogens with one attached hydrogen (secondary N) is 1. The molecule has 16 heavy (non-hydrogen) atoms. The van der Waals surface area contributed by atoms with Gasteiger partial charge < -0.3 is 15.0 Å². The summed E-state index contributed by atoms with van der Waals surface area (Å²) in [5.74, 6) is -0.458. The van der Waals surface area contributed by atoms with Gasteiger partial charge in [0.15, 0.2) is 5.70 Å². The van der Waals surface area contributed by atoms with Crippen LogP contribution in [0.3, 0.4) is 0 Å². The molecule has 0 radical (unpaired) electrons. The van der Waals surface area contributed by atoms with Crippen LogP contribution < -0.4 is 5.32 Å². The average Bonchev–Trinajstić information content (AvgIpc) is 2.57. The molecule has 2 rings (SSSR count). The van der Waals surface area contributed by atoms with Gasteiger partial charge >= 0.3 is 5.97 Å². The molecule has 1 atom stereocenters. The van der Waals surface area contributed by atoms with Crippen molar-refractivity contribution in [3.8, 4) is 0 Å². The minimum Gasteiger partial charge on any atom is -0.461 e. The molecular formula is C10H10Cl2N2O2. The Balaban J connectivity index is 2.23. The van der Waals surface area contributed by atoms with E-state index < -0.39 is 5.97 Å². The number of carbonyl (C=O) groups excluding carboxylic acids is 1. The van der Waals surface area contributed by atoms with Gasteiger partial charge in [-0.05, 0) is 19.1 Å². The standard InChI is InChI=1S/C10H10Cl2N2O2/c1-2-16-10(15)8-9(12)14-5-6(11)3-4-7(14)13-8/h3-5,7,13H,2H2,1H3. The highest BCUT2D eigenvalue weighted by Gasteiger charge is 2.33. The van der Waals surface area contributed by atoms with Crippen LogP contribution in [0.5, 0.6) is 0 Å². The van der Waals surface area contributed by atoms with Crippen molar-refractivity contribution in [2.75, 3.05) is 6.61 Å². The molecule has 1 unspecified atom stereocenters. The summed E-state index contributed by atoms with van der Waals surface area (Å²) in [7, 11) is 0. The predicted octanol–water partition coefficient (Wildman–Crippen LogP) is 1.84. The van der Waals surface area contributed by atoms with Crippen molar-refractivity contribution in [3.63, 3.8) is 0 Å². The van der Waals surface area contributed by atoms with Crippen LogP contribution in [-0.2, 0) is 9.53 Å². The van der Waals surface area contributed by atoms with Crippen LogP contribution in [0.4, 0.5) is 0 Å². The highest BCUT2D eigenvalue weighted by Crippen LogP contribution is 2.29. The summed E-state index contributed by atoms with van der Waals surface area (Å²) in [5.41, 5.74) is 0.265. The van der Waals surface area contributed by atoms with Gasteiger partial charge in [-0.3, -0.25) is 0 Å². The van der Waals surface area contributed by atoms with Gasteiger partial charge in [-0.1, -0.05) is 23.2 Å². The highest BCUT2D eigenvalue weighted by molar-refractivity contribution is 6.33. The molecule has 0 bridgehead atoms. The minimum absolute atomic E-state index is 0.172. The molecule has 6 heteroatoms. The Morgan fingerprint density at radius 2 is 2.38 bits per heavy atom. The number of esters is 1. The first kappa shape index (κ1) is 11.4. The average molecular weight is 261 g/mol. The van der Waals surface area contributed by atoms with Crippen LogP contribution in [0.1, 0.15) is 6.92 Å². The third-order valence-corrected chi connectivity index (χ3v) is 2.81. The lowest BCUT2D eigenvalue weighted by Crippen LogP contribution is -2.34. The van der Waals surface area contributed by atoms with Crippen molar-refractivity contribution < 1.29 is 9.53 Å². The smallest absolute Gasteiger partial charge is 0.357 e. The molecule has 2 aliphatic rings. The first-order valence-electron chi connectivity index (χ1n) is 4.80. The van der Waals surface area contributed by atoms with E-state index in [1.165, 1.54) is 0 Å². The fourth-order valence-electron chi connectivity index (χ4n) is 1.51. The maximum absolute atomic E-state index is 11.5. The zero-order valence-electron chi connectivity index (χ0n) is 8.54. The lowest BCUT2D eigenvalue weighted by atomic mass is 10.3. The Labute approximate surface area is 103 Å². The number of hydrogen-bond donors (Lipinski definition) is 1. The summed E-state index contributed by atoms with van der Waals surface area (Å²) in [6, 6.07) is 0. The molecule has 1 N–H and O–H groups in total. The lowest BCUT2D eigenvalue weighted by Gasteiger charge is -2.23. The van der Waals surface area contributed by atoms with Gasteiger partial charge in [0.25, 0.3) is 0 Å². The summed E-state index contributed by atoms with van der Waals surface area (Å²) in [6.45, 7) is 2.05. The van der Waals surface area contributed by atoms with Gasteiger partial charge in [-0.25, -0.2) is 4.79 Å². The quantitative estimate of drug-likeness (QED) is 0.608. The maximum Gasteiger partial charge on any atom is 0.357 e. The van der Waals surface area contributed by atoms with Crippen molar-refractivity contribution in [1.29, 1.82) is 0 Å². The monoisotopic (exact) mass is 260 g/mol. The van der Waals surface area contributed by atoms with E-state index in [1.807, 2.05) is 6.08 Å². The fraction of sp³-hybridized carbons (Fsp3) is 0.300. The number of rotatable bonds is 2. The number of hydrogen-bond acceptors (Lipinski definition) is 4. The molecule has 0 spiro atoms. The van der Waals surface area contributed by atoms with E-state index in [0.717, 1.165) is 0 Å². The Morgan fingerprint density at radius 1 is 1.62 bits per heavy atom. The minimum atomic E-state index is -0.458. The van der Waals surface area contributed by atoms with E-state index in [-0.39, 0.29) is 11.9 Å². The van der Waals surface area contributed by atoms with E-state index in [4.69, 9.17) is 27.9 Å². The number of nitrogens with zero attached hydrogens (tertiary/aromatic N) is 1. The number of halogens is 2. The van der Waals surface area contributed by atoms with Crippen molar-refractivity contribution in [1.82, 2.24) is 10.2 Å². The molecule has 0 aromatic carbocycles. The zero-order chi connectivity index (χ0) is 11.7. The Hall–Kier alpha value is -1.13. The molecule has 0 amide bonds. The second-order valence-corrected chi connectivity index (χ2v) is 4.05. The van der Waals surface area contributed by atoms with Crippen LogP contribution in [-0.4, -0.2) is 23.6 Å². The van der Waals surface area contributed by atoms with Gasteiger partial charge in [0.05, 0.1) is 11.6 Å². The molecule has 86 valence electrons. The second-order valence-electron chi connectivity index (χ2n) is 3.26. The Kier molecular flexibility index (Phi) is 3.12. The normalized spacial score (nSPS) is 22.8. The molecule has 0 fully saturated rings. The van der Waals surface area contributed by atoms with E-state index >= 15 is 0 Å². The summed E-state index contributed by atoms with van der Waals surface area (Å²) in [4.78, 5) is 13.2. The summed E-state index contributed by atoms with van der Waals surface area (Å²) < 4.78 is 4.88. The largest absolute Gasteiger partial charge is 0.461 e. The number of ether oxygens (including phenoxy) is 1. The summed E-state index contributed by atoms with van der Waals surface area (Å²) >= 11 is 11.9. The van der Waals surface area contributed by atoms with Gasteiger partial charge in [0.2, 0.25) is 0 Å². The molecule has 2 heterocycles. The van der Waals surface area contributed by atoms with E-state index in [1.54, 1.807) is 24.1 Å². The number of fused-ring (bicyclic) bond motifs is 1. The summed E-state index contributed by atoms with van der Waals surface area (Å²) in [6.07, 6.45) is 5.05. The molecule has 0 saturated heterocycles. The zero-order valence-corrected chi connectivity index (χ0v) is 10.0. The van der Waals surface area contributed by atoms with Crippen molar-refractivity contribution in [2.45, 2.75) is 13.1 Å². The topological polar surface area (TPSA) is 41.6 Å². The first-order chi connectivity index (χ1) is 7.63. The lowest BCUT2D eigenvalue weighted by molar-refractivity contribution is -0.138. The van der Waals surface area contributed by atoms with Gasteiger partial charge in [-0.15, -0.1) is 0 Å². The van der Waals surface area contributed by atoms with Crippen molar-refractivity contribution in [3.05, 3.63) is 34.2 Å². The van der Waals surface area contributed by atoms with E-state index in [2.05, 4.69) is 5.32 Å². The number of allylic oxidation sites excluding steroid dienone is 2. The highest BCUT2D eigenvalue weighted by atomic mass is 35.5. The Morgan fingerprint density at radius 3 is 3.06 bits per heavy atom. The number of carbonyl (C=O) groups is 1. The Bertz CT molecular complexity index is 415. The fourth-order valence-corrected chi connectivity index (χ4v) is 1.97. The molecule has 0 saturated carbocycles. The van der Waals surface area contributed by atoms with E-state index in [9.17, 15) is 4.79 Å². The third-order valence-electron chi connectivity index (χ3n) is 2.20. The molecule has 2 aliphatic heterocycles.